The molecule has 90 valence electrons. The Kier molecular flexibility index (Phi) is 2.58. The maximum Gasteiger partial charge on any atom is 0.181 e. The van der Waals surface area contributed by atoms with Crippen molar-refractivity contribution >= 4 is 9.84 Å². The molecule has 0 aliphatic heterocycles. The summed E-state index contributed by atoms with van der Waals surface area (Å²) in [4.78, 5) is 0.478. The molecule has 0 amide bonds. The largest absolute Gasteiger partial charge is 0.223 e. The third-order valence-corrected chi connectivity index (χ3v) is 6.25. The summed E-state index contributed by atoms with van der Waals surface area (Å²) >= 11 is 0. The molecule has 3 aliphatic carbocycles. The smallest absolute Gasteiger partial charge is 0.181 e. The highest BCUT2D eigenvalue weighted by atomic mass is 32.2. The first-order chi connectivity index (χ1) is 8.18. The summed E-state index contributed by atoms with van der Waals surface area (Å²) in [6.07, 6.45) is 7.30. The SMILES string of the molecule is O=S(=O)(c1ccccc1)C1C[C@@H]2C=C[C@H]1CC2. The molecule has 1 fully saturated rings. The van der Waals surface area contributed by atoms with Gasteiger partial charge in [-0.1, -0.05) is 30.4 Å². The number of hydrogen-bond donors (Lipinski definition) is 0. The average Bonchev–Trinajstić information content (AvgIpc) is 2.41. The minimum absolute atomic E-state index is 0.200. The van der Waals surface area contributed by atoms with E-state index in [9.17, 15) is 8.42 Å². The zero-order valence-corrected chi connectivity index (χ0v) is 10.4. The first kappa shape index (κ1) is 11.0. The van der Waals surface area contributed by atoms with Crippen molar-refractivity contribution in [3.8, 4) is 0 Å². The van der Waals surface area contributed by atoms with E-state index in [1.165, 1.54) is 0 Å². The molecule has 1 aromatic rings. The first-order valence-electron chi connectivity index (χ1n) is 6.15. The topological polar surface area (TPSA) is 34.1 Å². The van der Waals surface area contributed by atoms with Gasteiger partial charge in [0.15, 0.2) is 9.84 Å². The van der Waals surface area contributed by atoms with Crippen molar-refractivity contribution in [2.45, 2.75) is 29.4 Å². The number of sulfone groups is 1. The van der Waals surface area contributed by atoms with Crippen LogP contribution in [0.15, 0.2) is 47.4 Å². The van der Waals surface area contributed by atoms with Crippen molar-refractivity contribution in [2.24, 2.45) is 11.8 Å². The van der Waals surface area contributed by atoms with Gasteiger partial charge < -0.3 is 0 Å². The lowest BCUT2D eigenvalue weighted by molar-refractivity contribution is 0.328. The second-order valence-electron chi connectivity index (χ2n) is 5.02. The highest BCUT2D eigenvalue weighted by Crippen LogP contribution is 2.41. The van der Waals surface area contributed by atoms with Crippen molar-refractivity contribution in [1.82, 2.24) is 0 Å². The van der Waals surface area contributed by atoms with Gasteiger partial charge in [0, 0.05) is 0 Å². The Morgan fingerprint density at radius 3 is 2.29 bits per heavy atom. The third-order valence-electron chi connectivity index (χ3n) is 3.98. The fraction of sp³-hybridized carbons (Fsp3) is 0.429. The van der Waals surface area contributed by atoms with Crippen LogP contribution in [0.25, 0.3) is 0 Å². The molecular formula is C14H16O2S. The highest BCUT2D eigenvalue weighted by Gasteiger charge is 2.40. The summed E-state index contributed by atoms with van der Waals surface area (Å²) in [6.45, 7) is 0. The van der Waals surface area contributed by atoms with Crippen LogP contribution in [0.3, 0.4) is 0 Å². The molecule has 3 atom stereocenters. The molecule has 0 saturated heterocycles. The normalized spacial score (nSPS) is 31.6. The molecule has 0 N–H and O–H groups in total. The van der Waals surface area contributed by atoms with E-state index in [1.807, 2.05) is 6.07 Å². The Morgan fingerprint density at radius 1 is 1.00 bits per heavy atom. The quantitative estimate of drug-likeness (QED) is 0.754. The van der Waals surface area contributed by atoms with E-state index in [-0.39, 0.29) is 11.2 Å². The van der Waals surface area contributed by atoms with Crippen LogP contribution >= 0.6 is 0 Å². The molecule has 0 spiro atoms. The second-order valence-corrected chi connectivity index (χ2v) is 7.19. The number of benzene rings is 1. The van der Waals surface area contributed by atoms with Gasteiger partial charge in [-0.05, 0) is 43.2 Å². The summed E-state index contributed by atoms with van der Waals surface area (Å²) < 4.78 is 25.1. The van der Waals surface area contributed by atoms with E-state index in [1.54, 1.807) is 24.3 Å². The zero-order chi connectivity index (χ0) is 11.9. The van der Waals surface area contributed by atoms with Gasteiger partial charge in [-0.2, -0.15) is 0 Å². The maximum atomic E-state index is 12.5. The molecule has 2 nitrogen and oxygen atoms in total. The molecule has 3 heteroatoms. The summed E-state index contributed by atoms with van der Waals surface area (Å²) in [6, 6.07) is 8.86. The molecule has 0 radical (unpaired) electrons. The number of fused-ring (bicyclic) bond motifs is 2. The molecule has 1 aromatic carbocycles. The van der Waals surface area contributed by atoms with Gasteiger partial charge >= 0.3 is 0 Å². The van der Waals surface area contributed by atoms with Crippen molar-refractivity contribution in [2.75, 3.05) is 0 Å². The van der Waals surface area contributed by atoms with E-state index in [0.717, 1.165) is 19.3 Å². The van der Waals surface area contributed by atoms with Gasteiger partial charge in [0.2, 0.25) is 0 Å². The van der Waals surface area contributed by atoms with Crippen LogP contribution in [-0.4, -0.2) is 13.7 Å². The fourth-order valence-corrected chi connectivity index (χ4v) is 5.09. The molecule has 3 aliphatic rings. The van der Waals surface area contributed by atoms with E-state index in [2.05, 4.69) is 12.2 Å². The summed E-state index contributed by atoms with van der Waals surface area (Å²) in [7, 11) is -3.14. The fourth-order valence-electron chi connectivity index (χ4n) is 3.02. The van der Waals surface area contributed by atoms with Gasteiger partial charge in [-0.3, -0.25) is 0 Å². The van der Waals surface area contributed by atoms with Gasteiger partial charge in [-0.15, -0.1) is 0 Å². The van der Waals surface area contributed by atoms with Crippen LogP contribution in [0.2, 0.25) is 0 Å². The minimum Gasteiger partial charge on any atom is -0.223 e. The van der Waals surface area contributed by atoms with Crippen LogP contribution in [0.1, 0.15) is 19.3 Å². The number of allylic oxidation sites excluding steroid dienone is 2. The molecule has 2 bridgehead atoms. The lowest BCUT2D eigenvalue weighted by Gasteiger charge is -2.37. The number of rotatable bonds is 2. The van der Waals surface area contributed by atoms with Crippen molar-refractivity contribution in [3.63, 3.8) is 0 Å². The van der Waals surface area contributed by atoms with E-state index in [4.69, 9.17) is 0 Å². The second kappa shape index (κ2) is 3.98. The van der Waals surface area contributed by atoms with Crippen LogP contribution in [-0.2, 0) is 9.84 Å². The van der Waals surface area contributed by atoms with Gasteiger partial charge in [-0.25, -0.2) is 8.42 Å². The summed E-state index contributed by atoms with van der Waals surface area (Å²) in [5.41, 5.74) is 0. The Balaban J connectivity index is 1.97. The van der Waals surface area contributed by atoms with Gasteiger partial charge in [0.1, 0.15) is 0 Å². The maximum absolute atomic E-state index is 12.5. The van der Waals surface area contributed by atoms with E-state index >= 15 is 0 Å². The Labute approximate surface area is 102 Å². The lowest BCUT2D eigenvalue weighted by Crippen LogP contribution is -2.37. The van der Waals surface area contributed by atoms with Crippen molar-refractivity contribution in [3.05, 3.63) is 42.5 Å². The average molecular weight is 248 g/mol. The third kappa shape index (κ3) is 1.82. The molecule has 1 unspecified atom stereocenters. The monoisotopic (exact) mass is 248 g/mol. The van der Waals surface area contributed by atoms with Crippen molar-refractivity contribution < 1.29 is 8.42 Å². The van der Waals surface area contributed by atoms with Crippen LogP contribution in [0.4, 0.5) is 0 Å². The molecule has 0 heterocycles. The van der Waals surface area contributed by atoms with E-state index < -0.39 is 9.84 Å². The predicted octanol–water partition coefficient (Wildman–Crippen LogP) is 2.82. The Bertz CT molecular complexity index is 531. The van der Waals surface area contributed by atoms with Gasteiger partial charge in [0.25, 0.3) is 0 Å². The molecule has 17 heavy (non-hydrogen) atoms. The summed E-state index contributed by atoms with van der Waals surface area (Å²) in [5, 5.41) is -0.200. The Morgan fingerprint density at radius 2 is 1.76 bits per heavy atom. The van der Waals surface area contributed by atoms with E-state index in [0.29, 0.717) is 10.8 Å². The molecule has 0 aromatic heterocycles. The van der Waals surface area contributed by atoms with Crippen LogP contribution < -0.4 is 0 Å². The highest BCUT2D eigenvalue weighted by molar-refractivity contribution is 7.92. The minimum atomic E-state index is -3.14. The van der Waals surface area contributed by atoms with Gasteiger partial charge in [0.05, 0.1) is 10.1 Å². The zero-order valence-electron chi connectivity index (χ0n) is 9.62. The van der Waals surface area contributed by atoms with Crippen LogP contribution in [0, 0.1) is 11.8 Å². The molecular weight excluding hydrogens is 232 g/mol. The van der Waals surface area contributed by atoms with Crippen LogP contribution in [0.5, 0.6) is 0 Å². The summed E-state index contributed by atoms with van der Waals surface area (Å²) in [5.74, 6) is 0.702. The molecule has 1 saturated carbocycles. The number of hydrogen-bond acceptors (Lipinski definition) is 2. The molecule has 4 rings (SSSR count). The standard InChI is InChI=1S/C14H16O2S/c15-17(16,13-4-2-1-3-5-13)14-10-11-6-8-12(14)9-7-11/h1-6,8,11-12,14H,7,9-10H2/t11-,12+,14?/m1/s1. The van der Waals surface area contributed by atoms with Crippen molar-refractivity contribution in [1.29, 1.82) is 0 Å². The first-order valence-corrected chi connectivity index (χ1v) is 7.70. The predicted molar refractivity (Wildman–Crippen MR) is 67.4 cm³/mol. The Hall–Kier alpha value is -1.09. The lowest BCUT2D eigenvalue weighted by atomic mass is 9.76.